The normalized spacial score (nSPS) is 19.4. The van der Waals surface area contributed by atoms with Gasteiger partial charge < -0.3 is 25.0 Å². The van der Waals surface area contributed by atoms with Crippen molar-refractivity contribution in [3.05, 3.63) is 65.2 Å². The highest BCUT2D eigenvalue weighted by atomic mass is 32.2. The number of anilines is 1. The molecule has 3 atom stereocenters. The van der Waals surface area contributed by atoms with Gasteiger partial charge in [-0.2, -0.15) is 11.8 Å². The van der Waals surface area contributed by atoms with Crippen molar-refractivity contribution >= 4 is 29.3 Å². The van der Waals surface area contributed by atoms with Gasteiger partial charge in [-0.1, -0.05) is 42.8 Å². The second-order valence-corrected chi connectivity index (χ2v) is 10.1. The minimum absolute atomic E-state index is 0.00972. The van der Waals surface area contributed by atoms with Crippen molar-refractivity contribution in [3.8, 4) is 0 Å². The van der Waals surface area contributed by atoms with Crippen LogP contribution in [0.15, 0.2) is 48.5 Å². The molecule has 3 unspecified atom stereocenters. The van der Waals surface area contributed by atoms with Gasteiger partial charge in [-0.15, -0.1) is 0 Å². The van der Waals surface area contributed by atoms with Crippen molar-refractivity contribution in [1.82, 2.24) is 5.48 Å². The van der Waals surface area contributed by atoms with E-state index in [0.717, 1.165) is 28.9 Å². The van der Waals surface area contributed by atoms with E-state index in [1.165, 1.54) is 0 Å². The molecule has 10 heteroatoms. The van der Waals surface area contributed by atoms with Crippen molar-refractivity contribution in [2.24, 2.45) is 0 Å². The molecule has 2 aromatic carbocycles. The lowest BCUT2D eigenvalue weighted by Crippen LogP contribution is -2.31. The van der Waals surface area contributed by atoms with Crippen molar-refractivity contribution in [3.63, 3.8) is 0 Å². The highest BCUT2D eigenvalue weighted by Crippen LogP contribution is 2.39. The Morgan fingerprint density at radius 1 is 0.892 bits per heavy atom. The van der Waals surface area contributed by atoms with Crippen LogP contribution in [-0.4, -0.2) is 51.5 Å². The molecule has 1 fully saturated rings. The van der Waals surface area contributed by atoms with Gasteiger partial charge in [-0.3, -0.25) is 14.8 Å². The Labute approximate surface area is 221 Å². The van der Waals surface area contributed by atoms with E-state index in [0.29, 0.717) is 37.1 Å². The fourth-order valence-electron chi connectivity index (χ4n) is 4.05. The van der Waals surface area contributed by atoms with Crippen molar-refractivity contribution in [2.45, 2.75) is 63.6 Å². The first kappa shape index (κ1) is 29.1. The molecule has 0 aromatic heterocycles. The van der Waals surface area contributed by atoms with Crippen molar-refractivity contribution in [1.29, 1.82) is 0 Å². The van der Waals surface area contributed by atoms with E-state index >= 15 is 0 Å². The number of nitrogens with one attached hydrogen (secondary N) is 2. The number of aliphatic hydroxyl groups excluding tert-OH is 2. The first-order valence-corrected chi connectivity index (χ1v) is 13.7. The van der Waals surface area contributed by atoms with Gasteiger partial charge >= 0.3 is 0 Å². The number of ether oxygens (including phenoxy) is 2. The van der Waals surface area contributed by atoms with E-state index in [1.807, 2.05) is 48.5 Å². The van der Waals surface area contributed by atoms with Gasteiger partial charge in [-0.05, 0) is 36.1 Å². The quantitative estimate of drug-likeness (QED) is 0.141. The number of aliphatic hydroxyl groups is 2. The molecular weight excluding hydrogens is 496 g/mol. The summed E-state index contributed by atoms with van der Waals surface area (Å²) in [4.78, 5) is 23.3. The molecule has 0 radical (unpaired) electrons. The average Bonchev–Trinajstić information content (AvgIpc) is 2.93. The number of hydrogen-bond acceptors (Lipinski definition) is 8. The van der Waals surface area contributed by atoms with Crippen LogP contribution < -0.4 is 10.8 Å². The topological polar surface area (TPSA) is 137 Å². The third-order valence-electron chi connectivity index (χ3n) is 6.05. The monoisotopic (exact) mass is 532 g/mol. The highest BCUT2D eigenvalue weighted by molar-refractivity contribution is 7.99. The Bertz CT molecular complexity index is 972. The Morgan fingerprint density at radius 2 is 1.57 bits per heavy atom. The summed E-state index contributed by atoms with van der Waals surface area (Å²) in [6.45, 7) is 0.113. The molecule has 37 heavy (non-hydrogen) atoms. The molecule has 0 bridgehead atoms. The summed E-state index contributed by atoms with van der Waals surface area (Å²) < 4.78 is 12.6. The summed E-state index contributed by atoms with van der Waals surface area (Å²) in [6.07, 6.45) is 2.46. The van der Waals surface area contributed by atoms with E-state index in [4.69, 9.17) is 19.8 Å². The van der Waals surface area contributed by atoms with E-state index in [1.54, 1.807) is 17.2 Å². The maximum Gasteiger partial charge on any atom is 0.243 e. The number of thioether (sulfide) groups is 1. The number of carbonyl (C=O) groups is 2. The Kier molecular flexibility index (Phi) is 12.3. The van der Waals surface area contributed by atoms with E-state index in [2.05, 4.69) is 5.32 Å². The zero-order valence-corrected chi connectivity index (χ0v) is 21.6. The molecule has 2 aromatic rings. The molecule has 2 amide bonds. The van der Waals surface area contributed by atoms with Gasteiger partial charge in [0.2, 0.25) is 11.8 Å². The minimum atomic E-state index is -0.572. The Hall–Kier alpha value is -2.47. The number of benzene rings is 2. The molecule has 1 heterocycles. The van der Waals surface area contributed by atoms with Crippen LogP contribution in [0, 0.1) is 0 Å². The van der Waals surface area contributed by atoms with Gasteiger partial charge in [0, 0.05) is 42.0 Å². The van der Waals surface area contributed by atoms with Crippen LogP contribution in [0.5, 0.6) is 0 Å². The predicted molar refractivity (Wildman–Crippen MR) is 141 cm³/mol. The molecule has 202 valence electrons. The third kappa shape index (κ3) is 9.73. The van der Waals surface area contributed by atoms with E-state index < -0.39 is 12.2 Å². The number of hydrogen-bond donors (Lipinski definition) is 5. The number of rotatable bonds is 14. The van der Waals surface area contributed by atoms with Gasteiger partial charge in [0.15, 0.2) is 6.29 Å². The molecule has 5 N–H and O–H groups in total. The maximum atomic E-state index is 12.3. The highest BCUT2D eigenvalue weighted by Gasteiger charge is 2.32. The average molecular weight is 533 g/mol. The van der Waals surface area contributed by atoms with Crippen LogP contribution in [0.3, 0.4) is 0 Å². The van der Waals surface area contributed by atoms with Crippen LogP contribution >= 0.6 is 11.8 Å². The lowest BCUT2D eigenvalue weighted by atomic mass is 10.0. The second-order valence-electron chi connectivity index (χ2n) is 8.91. The molecule has 1 saturated heterocycles. The van der Waals surface area contributed by atoms with Crippen molar-refractivity contribution in [2.75, 3.05) is 23.4 Å². The zero-order chi connectivity index (χ0) is 26.5. The Morgan fingerprint density at radius 3 is 2.22 bits per heavy atom. The smallest absolute Gasteiger partial charge is 0.243 e. The summed E-state index contributed by atoms with van der Waals surface area (Å²) in [5.74, 6) is 0.867. The van der Waals surface area contributed by atoms with Crippen LogP contribution in [0.25, 0.3) is 0 Å². The fourth-order valence-corrected chi connectivity index (χ4v) is 4.83. The van der Waals surface area contributed by atoms with Gasteiger partial charge in [0.25, 0.3) is 0 Å². The lowest BCUT2D eigenvalue weighted by molar-refractivity contribution is -0.245. The second kappa shape index (κ2) is 15.7. The Balaban J connectivity index is 1.57. The van der Waals surface area contributed by atoms with Crippen LogP contribution in [0.2, 0.25) is 0 Å². The largest absolute Gasteiger partial charge is 0.396 e. The molecule has 0 spiro atoms. The zero-order valence-electron chi connectivity index (χ0n) is 20.8. The number of amides is 2. The number of hydroxylamine groups is 1. The molecule has 1 aliphatic heterocycles. The van der Waals surface area contributed by atoms with E-state index in [-0.39, 0.29) is 37.7 Å². The first-order chi connectivity index (χ1) is 18.0. The van der Waals surface area contributed by atoms with Crippen LogP contribution in [0.4, 0.5) is 5.69 Å². The molecule has 0 aliphatic carbocycles. The molecule has 0 saturated carbocycles. The molecule has 3 rings (SSSR count). The van der Waals surface area contributed by atoms with Crippen LogP contribution in [-0.2, 0) is 25.7 Å². The van der Waals surface area contributed by atoms with Crippen LogP contribution in [0.1, 0.15) is 67.6 Å². The predicted octanol–water partition coefficient (Wildman–Crippen LogP) is 3.84. The molecular formula is C27H36N2O7S. The minimum Gasteiger partial charge on any atom is -0.396 e. The van der Waals surface area contributed by atoms with Gasteiger partial charge in [0.05, 0.1) is 25.4 Å². The molecule has 9 nitrogen and oxygen atoms in total. The summed E-state index contributed by atoms with van der Waals surface area (Å²) in [5.41, 5.74) is 4.98. The number of unbranched alkanes of at least 4 members (excludes halogenated alkanes) is 2. The number of carbonyl (C=O) groups excluding carboxylic acids is 2. The standard InChI is InChI=1S/C27H36N2O7S/c30-14-15-37-18-23-16-24(20-8-6-19(17-31)7-9-20)36-27(35-23)21-10-12-22(13-11-21)28-25(32)4-2-1-3-5-26(33)29-34/h6-13,23-24,27,30-31,34H,1-5,14-18H2,(H,28,32)(H,29,33). The first-order valence-electron chi connectivity index (χ1n) is 12.5. The fraction of sp³-hybridized carbons (Fsp3) is 0.481. The summed E-state index contributed by atoms with van der Waals surface area (Å²) in [6, 6.07) is 15.1. The maximum absolute atomic E-state index is 12.3. The summed E-state index contributed by atoms with van der Waals surface area (Å²) in [5, 5.41) is 29.8. The molecule has 1 aliphatic rings. The van der Waals surface area contributed by atoms with Crippen molar-refractivity contribution < 1.29 is 34.5 Å². The van der Waals surface area contributed by atoms with Gasteiger partial charge in [-0.25, -0.2) is 5.48 Å². The van der Waals surface area contributed by atoms with Gasteiger partial charge in [0.1, 0.15) is 0 Å². The SMILES string of the molecule is O=C(CCCCCC(=O)Nc1ccc(C2OC(CSCCO)CC(c3ccc(CO)cc3)O2)cc1)NO. The lowest BCUT2D eigenvalue weighted by Gasteiger charge is -2.36. The third-order valence-corrected chi connectivity index (χ3v) is 7.13. The van der Waals surface area contributed by atoms with E-state index in [9.17, 15) is 14.7 Å². The summed E-state index contributed by atoms with van der Waals surface area (Å²) >= 11 is 1.64. The summed E-state index contributed by atoms with van der Waals surface area (Å²) in [7, 11) is 0.